The SMILES string of the molecule is c1cc(N(c2ccc(-c3cccc4sc5ccccc5c34)cc2)c2ccccc2-c2cccc3oc4c5ccccc5ccc4c23)cc(-n2c3ccccc3c3ccccc32)c1. The molecule has 0 amide bonds. The first-order valence-corrected chi connectivity index (χ1v) is 21.9. The predicted molar refractivity (Wildman–Crippen MR) is 264 cm³/mol. The van der Waals surface area contributed by atoms with Crippen LogP contribution in [-0.4, -0.2) is 4.57 Å². The topological polar surface area (TPSA) is 21.3 Å². The highest BCUT2D eigenvalue weighted by atomic mass is 32.1. The maximum atomic E-state index is 6.72. The Morgan fingerprint density at radius 3 is 1.89 bits per heavy atom. The number of thiophene rings is 1. The van der Waals surface area contributed by atoms with E-state index in [2.05, 4.69) is 228 Å². The van der Waals surface area contributed by atoms with Crippen molar-refractivity contribution < 1.29 is 4.42 Å². The summed E-state index contributed by atoms with van der Waals surface area (Å²) in [6.07, 6.45) is 0. The van der Waals surface area contributed by atoms with Gasteiger partial charge in [-0.15, -0.1) is 11.3 Å². The van der Waals surface area contributed by atoms with Gasteiger partial charge in [0.05, 0.1) is 16.7 Å². The minimum absolute atomic E-state index is 0.878. The minimum Gasteiger partial charge on any atom is -0.455 e. The average molecular weight is 809 g/mol. The van der Waals surface area contributed by atoms with Crippen molar-refractivity contribution in [2.45, 2.75) is 0 Å². The smallest absolute Gasteiger partial charge is 0.143 e. The summed E-state index contributed by atoms with van der Waals surface area (Å²) in [6, 6.07) is 79.2. The van der Waals surface area contributed by atoms with Crippen molar-refractivity contribution in [3.63, 3.8) is 0 Å². The molecule has 13 aromatic rings. The Balaban J connectivity index is 1.03. The van der Waals surface area contributed by atoms with Crippen molar-refractivity contribution in [1.82, 2.24) is 4.57 Å². The molecule has 10 aromatic carbocycles. The van der Waals surface area contributed by atoms with Crippen LogP contribution in [0.2, 0.25) is 0 Å². The first-order valence-electron chi connectivity index (χ1n) is 21.1. The fraction of sp³-hybridized carbons (Fsp3) is 0. The number of para-hydroxylation sites is 3. The molecule has 0 radical (unpaired) electrons. The molecular formula is C58H36N2OS. The fourth-order valence-electron chi connectivity index (χ4n) is 9.88. The van der Waals surface area contributed by atoms with Crippen LogP contribution in [0.4, 0.5) is 17.1 Å². The third-order valence-corrected chi connectivity index (χ3v) is 13.7. The predicted octanol–water partition coefficient (Wildman–Crippen LogP) is 17.0. The molecule has 13 rings (SSSR count). The summed E-state index contributed by atoms with van der Waals surface area (Å²) in [5, 5.41) is 9.63. The van der Waals surface area contributed by atoms with Gasteiger partial charge in [0.2, 0.25) is 0 Å². The zero-order valence-corrected chi connectivity index (χ0v) is 34.3. The zero-order valence-electron chi connectivity index (χ0n) is 33.5. The minimum atomic E-state index is 0.878. The maximum absolute atomic E-state index is 6.72. The van der Waals surface area contributed by atoms with Crippen LogP contribution in [-0.2, 0) is 0 Å². The van der Waals surface area contributed by atoms with E-state index >= 15 is 0 Å². The van der Waals surface area contributed by atoms with Gasteiger partial charge < -0.3 is 13.9 Å². The monoisotopic (exact) mass is 808 g/mol. The van der Waals surface area contributed by atoms with E-state index in [0.29, 0.717) is 0 Å². The number of hydrogen-bond donors (Lipinski definition) is 0. The van der Waals surface area contributed by atoms with E-state index in [-0.39, 0.29) is 0 Å². The standard InChI is InChI=1S/C58H36N2OS/c1-2-17-43-37(14-1)32-35-49-56-47(23-12-27-53(56)61-58(43)49)46-20-5-7-24-50(46)59(39-33-30-38(31-34-39)42-22-13-29-55-57(42)48-21-6-10-28-54(48)62-55)40-15-11-16-41(36-40)60-51-25-8-3-18-44(51)45-19-4-9-26-52(45)60/h1-36H. The summed E-state index contributed by atoms with van der Waals surface area (Å²) in [7, 11) is 0. The van der Waals surface area contributed by atoms with E-state index in [1.165, 1.54) is 58.5 Å². The summed E-state index contributed by atoms with van der Waals surface area (Å²) in [5.41, 5.74) is 13.2. The summed E-state index contributed by atoms with van der Waals surface area (Å²) in [5.74, 6) is 0. The van der Waals surface area contributed by atoms with Crippen LogP contribution in [0.25, 0.3) is 103 Å². The van der Waals surface area contributed by atoms with E-state index in [0.717, 1.165) is 61.2 Å². The van der Waals surface area contributed by atoms with Crippen LogP contribution in [0.3, 0.4) is 0 Å². The second-order valence-corrected chi connectivity index (χ2v) is 17.1. The van der Waals surface area contributed by atoms with Crippen LogP contribution in [0.15, 0.2) is 223 Å². The highest BCUT2D eigenvalue weighted by Crippen LogP contribution is 2.47. The van der Waals surface area contributed by atoms with Crippen molar-refractivity contribution in [1.29, 1.82) is 0 Å². The summed E-state index contributed by atoms with van der Waals surface area (Å²) < 4.78 is 11.7. The van der Waals surface area contributed by atoms with E-state index in [4.69, 9.17) is 4.42 Å². The third-order valence-electron chi connectivity index (χ3n) is 12.6. The summed E-state index contributed by atoms with van der Waals surface area (Å²) >= 11 is 1.86. The number of rotatable bonds is 6. The lowest BCUT2D eigenvalue weighted by Gasteiger charge is -2.29. The van der Waals surface area contributed by atoms with Gasteiger partial charge in [-0.05, 0) is 94.9 Å². The van der Waals surface area contributed by atoms with Gasteiger partial charge in [0.1, 0.15) is 11.2 Å². The van der Waals surface area contributed by atoms with E-state index < -0.39 is 0 Å². The lowest BCUT2D eigenvalue weighted by atomic mass is 9.96. The van der Waals surface area contributed by atoms with E-state index in [1.54, 1.807) is 0 Å². The highest BCUT2D eigenvalue weighted by Gasteiger charge is 2.22. The normalized spacial score (nSPS) is 11.9. The molecule has 0 N–H and O–H groups in total. The number of benzene rings is 10. The fourth-order valence-corrected chi connectivity index (χ4v) is 11.0. The highest BCUT2D eigenvalue weighted by molar-refractivity contribution is 7.25. The first kappa shape index (κ1) is 34.9. The molecule has 0 aliphatic rings. The van der Waals surface area contributed by atoms with Gasteiger partial charge in [0.15, 0.2) is 0 Å². The molecule has 0 saturated heterocycles. The van der Waals surface area contributed by atoms with Crippen molar-refractivity contribution in [2.24, 2.45) is 0 Å². The molecule has 0 unspecified atom stereocenters. The Hall–Kier alpha value is -7.92. The second kappa shape index (κ2) is 13.8. The molecule has 3 aromatic heterocycles. The molecule has 0 atom stereocenters. The molecule has 4 heteroatoms. The molecule has 0 fully saturated rings. The zero-order chi connectivity index (χ0) is 40.7. The van der Waals surface area contributed by atoms with Crippen molar-refractivity contribution >= 4 is 103 Å². The molecule has 3 nitrogen and oxygen atoms in total. The van der Waals surface area contributed by atoms with Gasteiger partial charge in [0, 0.05) is 69.7 Å². The van der Waals surface area contributed by atoms with Crippen LogP contribution >= 0.6 is 11.3 Å². The van der Waals surface area contributed by atoms with Crippen LogP contribution < -0.4 is 4.90 Å². The number of fused-ring (bicyclic) bond motifs is 11. The van der Waals surface area contributed by atoms with Gasteiger partial charge in [-0.1, -0.05) is 146 Å². The van der Waals surface area contributed by atoms with Gasteiger partial charge in [-0.2, -0.15) is 0 Å². The number of nitrogens with zero attached hydrogens (tertiary/aromatic N) is 2. The molecule has 62 heavy (non-hydrogen) atoms. The van der Waals surface area contributed by atoms with Crippen LogP contribution in [0.1, 0.15) is 0 Å². The maximum Gasteiger partial charge on any atom is 0.143 e. The number of anilines is 3. The van der Waals surface area contributed by atoms with Crippen LogP contribution in [0, 0.1) is 0 Å². The van der Waals surface area contributed by atoms with Crippen molar-refractivity contribution in [3.05, 3.63) is 218 Å². The van der Waals surface area contributed by atoms with Crippen molar-refractivity contribution in [3.8, 4) is 27.9 Å². The van der Waals surface area contributed by atoms with Crippen LogP contribution in [0.5, 0.6) is 0 Å². The number of furan rings is 1. The molecular weight excluding hydrogens is 773 g/mol. The largest absolute Gasteiger partial charge is 0.455 e. The lowest BCUT2D eigenvalue weighted by Crippen LogP contribution is -2.12. The van der Waals surface area contributed by atoms with Gasteiger partial charge in [0.25, 0.3) is 0 Å². The molecule has 0 spiro atoms. The molecule has 290 valence electrons. The second-order valence-electron chi connectivity index (χ2n) is 16.0. The molecule has 0 saturated carbocycles. The van der Waals surface area contributed by atoms with E-state index in [1.807, 2.05) is 11.3 Å². The van der Waals surface area contributed by atoms with Crippen molar-refractivity contribution in [2.75, 3.05) is 4.90 Å². The number of hydrogen-bond acceptors (Lipinski definition) is 3. The quantitative estimate of drug-likeness (QED) is 0.167. The summed E-state index contributed by atoms with van der Waals surface area (Å²) in [4.78, 5) is 2.42. The van der Waals surface area contributed by atoms with Gasteiger partial charge >= 0.3 is 0 Å². The Morgan fingerprint density at radius 2 is 1.05 bits per heavy atom. The first-order chi connectivity index (χ1) is 30.8. The Labute approximate surface area is 361 Å². The molecule has 0 aliphatic heterocycles. The lowest BCUT2D eigenvalue weighted by molar-refractivity contribution is 0.673. The summed E-state index contributed by atoms with van der Waals surface area (Å²) in [6.45, 7) is 0. The Morgan fingerprint density at radius 1 is 0.403 bits per heavy atom. The Kier molecular flexibility index (Phi) is 7.78. The molecule has 3 heterocycles. The third kappa shape index (κ3) is 5.30. The van der Waals surface area contributed by atoms with E-state index in [9.17, 15) is 0 Å². The molecule has 0 bridgehead atoms. The number of aromatic nitrogens is 1. The van der Waals surface area contributed by atoms with Gasteiger partial charge in [-0.25, -0.2) is 0 Å². The van der Waals surface area contributed by atoms with Gasteiger partial charge in [-0.3, -0.25) is 0 Å². The average Bonchev–Trinajstić information content (AvgIpc) is 4.02. The Bertz CT molecular complexity index is 3830. The molecule has 0 aliphatic carbocycles.